The van der Waals surface area contributed by atoms with Gasteiger partial charge in [0, 0.05) is 19.2 Å². The zero-order valence-electron chi connectivity index (χ0n) is 14.4. The lowest BCUT2D eigenvalue weighted by Gasteiger charge is -2.18. The van der Waals surface area contributed by atoms with Crippen LogP contribution in [0.4, 0.5) is 4.39 Å². The molecule has 0 amide bonds. The van der Waals surface area contributed by atoms with Crippen LogP contribution in [0.25, 0.3) is 0 Å². The first-order valence-electron chi connectivity index (χ1n) is 8.51. The second kappa shape index (κ2) is 10.1. The molecule has 3 nitrogen and oxygen atoms in total. The maximum atomic E-state index is 12.9. The highest BCUT2D eigenvalue weighted by Crippen LogP contribution is 2.21. The number of nitrogens with one attached hydrogen (secondary N) is 1. The second-order valence-corrected chi connectivity index (χ2v) is 5.58. The van der Waals surface area contributed by atoms with E-state index in [2.05, 4.69) is 24.4 Å². The molecule has 0 heterocycles. The fraction of sp³-hybridized carbons (Fsp3) is 0.400. The van der Waals surface area contributed by atoms with Gasteiger partial charge in [-0.25, -0.2) is 4.39 Å². The van der Waals surface area contributed by atoms with Gasteiger partial charge in [0.2, 0.25) is 0 Å². The van der Waals surface area contributed by atoms with Crippen molar-refractivity contribution in [2.24, 2.45) is 0 Å². The lowest BCUT2D eigenvalue weighted by atomic mass is 10.0. The summed E-state index contributed by atoms with van der Waals surface area (Å²) in [5.74, 6) is 0.651. The number of hydrogen-bond acceptors (Lipinski definition) is 3. The molecule has 0 fully saturated rings. The lowest BCUT2D eigenvalue weighted by Crippen LogP contribution is -2.20. The van der Waals surface area contributed by atoms with Crippen molar-refractivity contribution in [3.63, 3.8) is 0 Å². The topological polar surface area (TPSA) is 30.5 Å². The second-order valence-electron chi connectivity index (χ2n) is 5.58. The van der Waals surface area contributed by atoms with E-state index in [-0.39, 0.29) is 11.9 Å². The third-order valence-electron chi connectivity index (χ3n) is 3.86. The maximum absolute atomic E-state index is 12.9. The Labute approximate surface area is 143 Å². The lowest BCUT2D eigenvalue weighted by molar-refractivity contribution is 0.110. The van der Waals surface area contributed by atoms with Gasteiger partial charge in [-0.3, -0.25) is 0 Å². The zero-order valence-corrected chi connectivity index (χ0v) is 14.4. The Hall–Kier alpha value is -1.91. The molecule has 2 rings (SSSR count). The fourth-order valence-electron chi connectivity index (χ4n) is 2.50. The molecular formula is C20H26FNO2. The third kappa shape index (κ3) is 5.95. The minimum absolute atomic E-state index is 0.203. The normalized spacial score (nSPS) is 12.1. The Bertz CT molecular complexity index is 584. The van der Waals surface area contributed by atoms with Gasteiger partial charge in [0.25, 0.3) is 0 Å². The Morgan fingerprint density at radius 3 is 2.29 bits per heavy atom. The smallest absolute Gasteiger partial charge is 0.123 e. The van der Waals surface area contributed by atoms with E-state index < -0.39 is 0 Å². The molecule has 0 aliphatic carbocycles. The van der Waals surface area contributed by atoms with Crippen LogP contribution in [-0.4, -0.2) is 19.8 Å². The van der Waals surface area contributed by atoms with Crippen molar-refractivity contribution in [2.75, 3.05) is 19.8 Å². The van der Waals surface area contributed by atoms with Gasteiger partial charge in [-0.05, 0) is 48.7 Å². The molecular weight excluding hydrogens is 305 g/mol. The van der Waals surface area contributed by atoms with Crippen LogP contribution in [0.1, 0.15) is 37.4 Å². The van der Waals surface area contributed by atoms with Gasteiger partial charge in [0.15, 0.2) is 0 Å². The van der Waals surface area contributed by atoms with Crippen LogP contribution < -0.4 is 10.1 Å². The number of hydrogen-bond donors (Lipinski definition) is 1. The first kappa shape index (κ1) is 18.4. The number of halogens is 1. The molecule has 0 spiro atoms. The molecule has 0 radical (unpaired) electrons. The summed E-state index contributed by atoms with van der Waals surface area (Å²) in [6.45, 7) is 6.71. The molecule has 130 valence electrons. The van der Waals surface area contributed by atoms with E-state index in [4.69, 9.17) is 9.47 Å². The summed E-state index contributed by atoms with van der Waals surface area (Å²) in [6, 6.07) is 15.0. The predicted octanol–water partition coefficient (Wildman–Crippen LogP) is 4.48. The Morgan fingerprint density at radius 1 is 0.958 bits per heavy atom. The Kier molecular flexibility index (Phi) is 7.72. The van der Waals surface area contributed by atoms with Crippen molar-refractivity contribution < 1.29 is 13.9 Å². The number of rotatable bonds is 10. The van der Waals surface area contributed by atoms with E-state index in [0.717, 1.165) is 17.7 Å². The van der Waals surface area contributed by atoms with Gasteiger partial charge in [-0.2, -0.15) is 0 Å². The van der Waals surface area contributed by atoms with E-state index in [1.807, 2.05) is 31.2 Å². The summed E-state index contributed by atoms with van der Waals surface area (Å²) >= 11 is 0. The molecule has 0 saturated heterocycles. The number of benzene rings is 2. The van der Waals surface area contributed by atoms with E-state index in [0.29, 0.717) is 26.4 Å². The highest BCUT2D eigenvalue weighted by Gasteiger charge is 2.09. The summed E-state index contributed by atoms with van der Waals surface area (Å²) in [6.07, 6.45) is 0.978. The molecule has 1 atom stereocenters. The van der Waals surface area contributed by atoms with Crippen LogP contribution in [0.5, 0.6) is 5.75 Å². The molecule has 0 aliphatic rings. The van der Waals surface area contributed by atoms with Crippen molar-refractivity contribution in [1.82, 2.24) is 5.32 Å². The Morgan fingerprint density at radius 2 is 1.67 bits per heavy atom. The maximum Gasteiger partial charge on any atom is 0.123 e. The summed E-state index contributed by atoms with van der Waals surface area (Å²) in [5, 5.41) is 3.52. The molecule has 1 N–H and O–H groups in total. The van der Waals surface area contributed by atoms with Gasteiger partial charge in [-0.1, -0.05) is 31.2 Å². The van der Waals surface area contributed by atoms with Crippen LogP contribution >= 0.6 is 0 Å². The van der Waals surface area contributed by atoms with Crippen molar-refractivity contribution >= 4 is 0 Å². The first-order chi connectivity index (χ1) is 11.7. The highest BCUT2D eigenvalue weighted by atomic mass is 19.1. The van der Waals surface area contributed by atoms with Crippen molar-refractivity contribution in [3.05, 3.63) is 65.5 Å². The largest absolute Gasteiger partial charge is 0.491 e. The Balaban J connectivity index is 1.86. The minimum Gasteiger partial charge on any atom is -0.491 e. The molecule has 0 bridgehead atoms. The molecule has 0 saturated carbocycles. The van der Waals surface area contributed by atoms with Crippen molar-refractivity contribution in [2.45, 2.75) is 32.9 Å². The van der Waals surface area contributed by atoms with Crippen LogP contribution in [0, 0.1) is 5.82 Å². The molecule has 1 unspecified atom stereocenters. The van der Waals surface area contributed by atoms with Crippen LogP contribution in [0.2, 0.25) is 0 Å². The van der Waals surface area contributed by atoms with E-state index in [1.54, 1.807) is 0 Å². The summed E-state index contributed by atoms with van der Waals surface area (Å²) in [7, 11) is 0. The first-order valence-corrected chi connectivity index (χ1v) is 8.51. The zero-order chi connectivity index (χ0) is 17.2. The van der Waals surface area contributed by atoms with Crippen LogP contribution in [0.15, 0.2) is 48.5 Å². The average molecular weight is 331 g/mol. The fourth-order valence-corrected chi connectivity index (χ4v) is 2.50. The molecule has 0 aromatic heterocycles. The summed E-state index contributed by atoms with van der Waals surface area (Å²) in [4.78, 5) is 0. The van der Waals surface area contributed by atoms with E-state index >= 15 is 0 Å². The molecule has 2 aromatic carbocycles. The van der Waals surface area contributed by atoms with Gasteiger partial charge in [0.05, 0.1) is 6.61 Å². The minimum atomic E-state index is -0.203. The van der Waals surface area contributed by atoms with Gasteiger partial charge in [0.1, 0.15) is 18.2 Å². The summed E-state index contributed by atoms with van der Waals surface area (Å²) < 4.78 is 23.8. The van der Waals surface area contributed by atoms with E-state index in [9.17, 15) is 4.39 Å². The van der Waals surface area contributed by atoms with Crippen molar-refractivity contribution in [1.29, 1.82) is 0 Å². The SMILES string of the molecule is CCOCCOc1ccc(C(CC)NCc2ccc(F)cc2)cc1. The van der Waals surface area contributed by atoms with Gasteiger partial charge >= 0.3 is 0 Å². The van der Waals surface area contributed by atoms with Crippen LogP contribution in [-0.2, 0) is 11.3 Å². The standard InChI is InChI=1S/C20H26FNO2/c1-3-20(22-15-16-5-9-18(21)10-6-16)17-7-11-19(12-8-17)24-14-13-23-4-2/h5-12,20,22H,3-4,13-15H2,1-2H3. The monoisotopic (exact) mass is 331 g/mol. The van der Waals surface area contributed by atoms with E-state index in [1.165, 1.54) is 17.7 Å². The predicted molar refractivity (Wildman–Crippen MR) is 94.7 cm³/mol. The molecule has 4 heteroatoms. The third-order valence-corrected chi connectivity index (χ3v) is 3.86. The number of ether oxygens (including phenoxy) is 2. The van der Waals surface area contributed by atoms with Gasteiger partial charge < -0.3 is 14.8 Å². The molecule has 24 heavy (non-hydrogen) atoms. The van der Waals surface area contributed by atoms with Crippen LogP contribution in [0.3, 0.4) is 0 Å². The summed E-state index contributed by atoms with van der Waals surface area (Å²) in [5.41, 5.74) is 2.29. The molecule has 0 aliphatic heterocycles. The quantitative estimate of drug-likeness (QED) is 0.651. The average Bonchev–Trinajstić information content (AvgIpc) is 2.62. The highest BCUT2D eigenvalue weighted by molar-refractivity contribution is 5.29. The molecule has 2 aromatic rings. The van der Waals surface area contributed by atoms with Gasteiger partial charge in [-0.15, -0.1) is 0 Å². The van der Waals surface area contributed by atoms with Crippen molar-refractivity contribution in [3.8, 4) is 5.75 Å².